The Morgan fingerprint density at radius 3 is 2.26 bits per heavy atom. The van der Waals surface area contributed by atoms with Gasteiger partial charge >= 0.3 is 0 Å². The van der Waals surface area contributed by atoms with Crippen molar-refractivity contribution in [3.8, 4) is 11.1 Å². The molecule has 0 radical (unpaired) electrons. The van der Waals surface area contributed by atoms with E-state index >= 15 is 0 Å². The third-order valence-corrected chi connectivity index (χ3v) is 8.77. The lowest BCUT2D eigenvalue weighted by Crippen LogP contribution is -2.51. The number of piperidine rings is 1. The van der Waals surface area contributed by atoms with Gasteiger partial charge in [0.05, 0.1) is 4.90 Å². The Kier molecular flexibility index (Phi) is 8.76. The Labute approximate surface area is 224 Å². The van der Waals surface area contributed by atoms with Crippen LogP contribution in [0, 0.1) is 5.92 Å². The third kappa shape index (κ3) is 6.57. The summed E-state index contributed by atoms with van der Waals surface area (Å²) in [6, 6.07) is 24.4. The highest BCUT2D eigenvalue weighted by Crippen LogP contribution is 2.24. The van der Waals surface area contributed by atoms with E-state index in [1.165, 1.54) is 34.6 Å². The summed E-state index contributed by atoms with van der Waals surface area (Å²) in [6.07, 6.45) is 2.43. The van der Waals surface area contributed by atoms with Crippen molar-refractivity contribution in [2.75, 3.05) is 19.6 Å². The zero-order valence-corrected chi connectivity index (χ0v) is 22.3. The topological polar surface area (TPSA) is 95.6 Å². The van der Waals surface area contributed by atoms with Gasteiger partial charge in [-0.25, -0.2) is 8.42 Å². The van der Waals surface area contributed by atoms with Crippen molar-refractivity contribution >= 4 is 21.8 Å². The molecule has 0 aliphatic carbocycles. The van der Waals surface area contributed by atoms with E-state index in [1.54, 1.807) is 0 Å². The van der Waals surface area contributed by atoms with Crippen LogP contribution in [0.15, 0.2) is 96.4 Å². The fourth-order valence-corrected chi connectivity index (χ4v) is 6.18. The van der Waals surface area contributed by atoms with Crippen LogP contribution < -0.4 is 10.6 Å². The Bertz CT molecular complexity index is 1370. The lowest BCUT2D eigenvalue weighted by atomic mass is 9.95. The summed E-state index contributed by atoms with van der Waals surface area (Å²) in [4.78, 5) is 24.4. The number of nitrogens with zero attached hydrogens (tertiary/aromatic N) is 1. The molecule has 2 amide bonds. The number of rotatable bonds is 9. The van der Waals surface area contributed by atoms with Gasteiger partial charge < -0.3 is 10.6 Å². The molecule has 8 heteroatoms. The maximum Gasteiger partial charge on any atom is 0.251 e. The van der Waals surface area contributed by atoms with Crippen LogP contribution in [-0.4, -0.2) is 50.2 Å². The SMILES string of the molecule is C=CC(=O)NC1CCN(S(=O)(=O)c2ccc(C(=O)NCCc3ccc(-c4ccccc4)cc3)cc2)CC1C. The smallest absolute Gasteiger partial charge is 0.251 e. The molecular weight excluding hydrogens is 498 g/mol. The molecule has 0 spiro atoms. The first-order valence-corrected chi connectivity index (χ1v) is 14.2. The first-order valence-electron chi connectivity index (χ1n) is 12.7. The van der Waals surface area contributed by atoms with Gasteiger partial charge in [-0.1, -0.05) is 68.1 Å². The summed E-state index contributed by atoms with van der Waals surface area (Å²) in [5.74, 6) is -0.544. The van der Waals surface area contributed by atoms with Gasteiger partial charge in [0.25, 0.3) is 5.91 Å². The molecule has 1 aliphatic rings. The van der Waals surface area contributed by atoms with Crippen molar-refractivity contribution in [1.82, 2.24) is 14.9 Å². The van der Waals surface area contributed by atoms with Crippen LogP contribution in [0.4, 0.5) is 0 Å². The highest BCUT2D eigenvalue weighted by molar-refractivity contribution is 7.89. The molecule has 3 aromatic carbocycles. The molecule has 38 heavy (non-hydrogen) atoms. The number of carbonyl (C=O) groups is 2. The minimum absolute atomic E-state index is 0.0398. The van der Waals surface area contributed by atoms with Crippen LogP contribution in [0.3, 0.4) is 0 Å². The summed E-state index contributed by atoms with van der Waals surface area (Å²) < 4.78 is 27.8. The highest BCUT2D eigenvalue weighted by Gasteiger charge is 2.34. The van der Waals surface area contributed by atoms with Crippen molar-refractivity contribution in [3.05, 3.63) is 103 Å². The van der Waals surface area contributed by atoms with E-state index in [4.69, 9.17) is 0 Å². The third-order valence-electron chi connectivity index (χ3n) is 6.90. The van der Waals surface area contributed by atoms with Crippen molar-refractivity contribution in [3.63, 3.8) is 0 Å². The van der Waals surface area contributed by atoms with Gasteiger partial charge in [-0.15, -0.1) is 0 Å². The van der Waals surface area contributed by atoms with Gasteiger partial charge in [0, 0.05) is 31.2 Å². The number of nitrogens with one attached hydrogen (secondary N) is 2. The van der Waals surface area contributed by atoms with Crippen LogP contribution in [0.5, 0.6) is 0 Å². The molecule has 7 nitrogen and oxygen atoms in total. The van der Waals surface area contributed by atoms with Gasteiger partial charge in [-0.2, -0.15) is 4.31 Å². The van der Waals surface area contributed by atoms with Crippen molar-refractivity contribution in [1.29, 1.82) is 0 Å². The van der Waals surface area contributed by atoms with E-state index < -0.39 is 10.0 Å². The Morgan fingerprint density at radius 2 is 1.63 bits per heavy atom. The van der Waals surface area contributed by atoms with Gasteiger partial charge in [-0.05, 0) is 65.8 Å². The zero-order valence-electron chi connectivity index (χ0n) is 21.5. The molecule has 2 unspecified atom stereocenters. The van der Waals surface area contributed by atoms with E-state index in [0.717, 1.165) is 16.7 Å². The number of amides is 2. The lowest BCUT2D eigenvalue weighted by Gasteiger charge is -2.36. The first kappa shape index (κ1) is 27.3. The average molecular weight is 532 g/mol. The Morgan fingerprint density at radius 1 is 0.974 bits per heavy atom. The normalized spacial score (nSPS) is 17.9. The molecule has 0 saturated carbocycles. The van der Waals surface area contributed by atoms with Crippen LogP contribution in [0.1, 0.15) is 29.3 Å². The molecule has 4 rings (SSSR count). The van der Waals surface area contributed by atoms with Crippen molar-refractivity contribution in [2.45, 2.75) is 30.7 Å². The predicted molar refractivity (Wildman–Crippen MR) is 149 cm³/mol. The maximum absolute atomic E-state index is 13.2. The number of carbonyl (C=O) groups excluding carboxylic acids is 2. The van der Waals surface area contributed by atoms with Crippen molar-refractivity contribution < 1.29 is 18.0 Å². The van der Waals surface area contributed by atoms with E-state index in [0.29, 0.717) is 38.0 Å². The summed E-state index contributed by atoms with van der Waals surface area (Å²) in [6.45, 7) is 6.46. The molecular formula is C30H33N3O4S. The Hall–Kier alpha value is -3.75. The van der Waals surface area contributed by atoms with Crippen molar-refractivity contribution in [2.24, 2.45) is 5.92 Å². The molecule has 0 bridgehead atoms. The van der Waals surface area contributed by atoms with E-state index in [-0.39, 0.29) is 28.7 Å². The predicted octanol–water partition coefficient (Wildman–Crippen LogP) is 4.03. The van der Waals surface area contributed by atoms with Gasteiger partial charge in [0.2, 0.25) is 15.9 Å². The standard InChI is InChI=1S/C30H33N3O4S/c1-3-29(34)32-28-18-20-33(21-22(28)2)38(36,37)27-15-13-26(14-16-27)30(35)31-19-17-23-9-11-25(12-10-23)24-7-5-4-6-8-24/h3-16,22,28H,1,17-21H2,2H3,(H,31,35)(H,32,34). The molecule has 2 N–H and O–H groups in total. The van der Waals surface area contributed by atoms with Gasteiger partial charge in [-0.3, -0.25) is 9.59 Å². The highest BCUT2D eigenvalue weighted by atomic mass is 32.2. The summed E-state index contributed by atoms with van der Waals surface area (Å²) >= 11 is 0. The molecule has 1 saturated heterocycles. The minimum Gasteiger partial charge on any atom is -0.352 e. The number of sulfonamides is 1. The second-order valence-corrected chi connectivity index (χ2v) is 11.5. The summed E-state index contributed by atoms with van der Waals surface area (Å²) in [5, 5.41) is 5.77. The Balaban J connectivity index is 1.29. The fraction of sp³-hybridized carbons (Fsp3) is 0.267. The van der Waals surface area contributed by atoms with Crippen LogP contribution >= 0.6 is 0 Å². The monoisotopic (exact) mass is 531 g/mol. The molecule has 1 aliphatic heterocycles. The van der Waals surface area contributed by atoms with E-state index in [1.807, 2.05) is 25.1 Å². The number of benzene rings is 3. The second kappa shape index (κ2) is 12.2. The second-order valence-electron chi connectivity index (χ2n) is 9.54. The average Bonchev–Trinajstić information content (AvgIpc) is 2.94. The molecule has 3 aromatic rings. The number of hydrogen-bond donors (Lipinski definition) is 2. The van der Waals surface area contributed by atoms with Crippen LogP contribution in [0.25, 0.3) is 11.1 Å². The minimum atomic E-state index is -3.70. The molecule has 1 fully saturated rings. The summed E-state index contributed by atoms with van der Waals surface area (Å²) in [5.41, 5.74) is 3.83. The fourth-order valence-electron chi connectivity index (χ4n) is 4.63. The van der Waals surface area contributed by atoms with Crippen LogP contribution in [-0.2, 0) is 21.2 Å². The lowest BCUT2D eigenvalue weighted by molar-refractivity contribution is -0.117. The molecule has 2 atom stereocenters. The van der Waals surface area contributed by atoms with Crippen LogP contribution in [0.2, 0.25) is 0 Å². The molecule has 1 heterocycles. The largest absolute Gasteiger partial charge is 0.352 e. The van der Waals surface area contributed by atoms with E-state index in [9.17, 15) is 18.0 Å². The molecule has 0 aromatic heterocycles. The van der Waals surface area contributed by atoms with Gasteiger partial charge in [0.1, 0.15) is 0 Å². The maximum atomic E-state index is 13.2. The zero-order chi connectivity index (χ0) is 27.1. The molecule has 198 valence electrons. The first-order chi connectivity index (χ1) is 18.3. The summed E-state index contributed by atoms with van der Waals surface area (Å²) in [7, 11) is -3.70. The van der Waals surface area contributed by atoms with Gasteiger partial charge in [0.15, 0.2) is 0 Å². The number of hydrogen-bond acceptors (Lipinski definition) is 4. The quantitative estimate of drug-likeness (QED) is 0.408. The van der Waals surface area contributed by atoms with E-state index in [2.05, 4.69) is 53.6 Å².